The molecule has 0 amide bonds. The van der Waals surface area contributed by atoms with Crippen molar-refractivity contribution in [1.82, 2.24) is 0 Å². The Kier molecular flexibility index (Phi) is 5.27. The number of nitriles is 2. The molecule has 0 spiro atoms. The Morgan fingerprint density at radius 1 is 1.05 bits per heavy atom. The van der Waals surface area contributed by atoms with Crippen molar-refractivity contribution in [2.24, 2.45) is 0 Å². The molecule has 0 fully saturated rings. The van der Waals surface area contributed by atoms with Crippen molar-refractivity contribution in [1.29, 1.82) is 10.5 Å². The second-order valence-electron chi connectivity index (χ2n) is 4.95. The summed E-state index contributed by atoms with van der Waals surface area (Å²) in [6, 6.07) is 3.76. The minimum atomic E-state index is -0.315. The van der Waals surface area contributed by atoms with Crippen LogP contribution in [0.5, 0.6) is 0 Å². The van der Waals surface area contributed by atoms with Crippen LogP contribution in [-0.4, -0.2) is 5.97 Å². The van der Waals surface area contributed by atoms with Crippen LogP contribution in [-0.2, 0) is 16.1 Å². The van der Waals surface area contributed by atoms with Crippen molar-refractivity contribution < 1.29 is 9.53 Å². The summed E-state index contributed by atoms with van der Waals surface area (Å²) in [4.78, 5) is 11.0. The van der Waals surface area contributed by atoms with Crippen LogP contribution < -0.4 is 0 Å². The molecular weight excluding hydrogens is 264 g/mol. The minimum absolute atomic E-state index is 0.0766. The summed E-state index contributed by atoms with van der Waals surface area (Å²) in [5.74, 6) is -0.315. The molecule has 0 bridgehead atoms. The molecule has 1 aromatic carbocycles. The summed E-state index contributed by atoms with van der Waals surface area (Å²) in [5.41, 5.74) is 5.95. The van der Waals surface area contributed by atoms with Crippen molar-refractivity contribution in [2.75, 3.05) is 0 Å². The maximum absolute atomic E-state index is 11.0. The molecule has 4 nitrogen and oxygen atoms in total. The van der Waals surface area contributed by atoms with E-state index in [-0.39, 0.29) is 18.1 Å². The van der Waals surface area contributed by atoms with E-state index in [2.05, 4.69) is 0 Å². The zero-order valence-electron chi connectivity index (χ0n) is 13.0. The van der Waals surface area contributed by atoms with Crippen LogP contribution in [0.1, 0.15) is 40.3 Å². The molecule has 21 heavy (non-hydrogen) atoms. The molecule has 108 valence electrons. The van der Waals surface area contributed by atoms with Gasteiger partial charge < -0.3 is 4.74 Å². The third kappa shape index (κ3) is 3.49. The van der Waals surface area contributed by atoms with E-state index in [1.165, 1.54) is 6.92 Å². The first-order chi connectivity index (χ1) is 9.83. The van der Waals surface area contributed by atoms with E-state index in [0.717, 1.165) is 33.4 Å². The average molecular weight is 282 g/mol. The molecule has 0 aliphatic carbocycles. The highest BCUT2D eigenvalue weighted by Gasteiger charge is 2.15. The van der Waals surface area contributed by atoms with Gasteiger partial charge in [0.1, 0.15) is 24.3 Å². The standard InChI is InChI=1S/C17H18N2O2/c1-10-12(3)17(9-21-14(5)20)13(4)11(2)16(10)6-15(7-18)8-19/h6H,9H2,1-5H3. The second-order valence-corrected chi connectivity index (χ2v) is 4.95. The van der Waals surface area contributed by atoms with Gasteiger partial charge in [-0.1, -0.05) is 0 Å². The third-order valence-electron chi connectivity index (χ3n) is 3.79. The number of hydrogen-bond donors (Lipinski definition) is 0. The zero-order chi connectivity index (χ0) is 16.2. The number of carbonyl (C=O) groups excluding carboxylic acids is 1. The Labute approximate surface area is 125 Å². The van der Waals surface area contributed by atoms with Gasteiger partial charge in [-0.25, -0.2) is 0 Å². The van der Waals surface area contributed by atoms with Crippen molar-refractivity contribution in [3.8, 4) is 12.1 Å². The van der Waals surface area contributed by atoms with Crippen molar-refractivity contribution in [3.05, 3.63) is 39.0 Å². The van der Waals surface area contributed by atoms with Gasteiger partial charge in [0.25, 0.3) is 0 Å². The Hall–Kier alpha value is -2.59. The molecule has 1 aromatic rings. The number of benzene rings is 1. The van der Waals surface area contributed by atoms with Gasteiger partial charge in [0, 0.05) is 6.92 Å². The molecule has 4 heteroatoms. The van der Waals surface area contributed by atoms with Gasteiger partial charge >= 0.3 is 5.97 Å². The lowest BCUT2D eigenvalue weighted by atomic mass is 9.88. The van der Waals surface area contributed by atoms with Crippen molar-refractivity contribution in [2.45, 2.75) is 41.2 Å². The lowest BCUT2D eigenvalue weighted by molar-refractivity contribution is -0.142. The van der Waals surface area contributed by atoms with Crippen LogP contribution in [0.25, 0.3) is 6.08 Å². The van der Waals surface area contributed by atoms with Gasteiger partial charge in [-0.3, -0.25) is 4.79 Å². The van der Waals surface area contributed by atoms with Gasteiger partial charge in [-0.2, -0.15) is 10.5 Å². The molecule has 0 radical (unpaired) electrons. The fourth-order valence-corrected chi connectivity index (χ4v) is 2.26. The number of nitrogens with zero attached hydrogens (tertiary/aromatic N) is 2. The number of rotatable bonds is 3. The zero-order valence-corrected chi connectivity index (χ0v) is 13.0. The molecule has 0 N–H and O–H groups in total. The molecule has 0 unspecified atom stereocenters. The van der Waals surface area contributed by atoms with Gasteiger partial charge in [0.05, 0.1) is 0 Å². The van der Waals surface area contributed by atoms with Crippen LogP contribution >= 0.6 is 0 Å². The first-order valence-electron chi connectivity index (χ1n) is 6.58. The van der Waals surface area contributed by atoms with Crippen LogP contribution in [0.3, 0.4) is 0 Å². The van der Waals surface area contributed by atoms with Crippen LogP contribution in [0.4, 0.5) is 0 Å². The highest BCUT2D eigenvalue weighted by atomic mass is 16.5. The number of hydrogen-bond acceptors (Lipinski definition) is 4. The lowest BCUT2D eigenvalue weighted by Gasteiger charge is -2.18. The average Bonchev–Trinajstić information content (AvgIpc) is 2.45. The quantitative estimate of drug-likeness (QED) is 0.629. The second kappa shape index (κ2) is 6.72. The maximum atomic E-state index is 11.0. The van der Waals surface area contributed by atoms with E-state index in [0.29, 0.717) is 0 Å². The highest BCUT2D eigenvalue weighted by Crippen LogP contribution is 2.29. The number of esters is 1. The van der Waals surface area contributed by atoms with Gasteiger partial charge in [0.2, 0.25) is 0 Å². The molecular formula is C17H18N2O2. The van der Waals surface area contributed by atoms with Gasteiger partial charge in [-0.05, 0) is 67.2 Å². The Bertz CT molecular complexity index is 656. The Morgan fingerprint density at radius 2 is 1.52 bits per heavy atom. The maximum Gasteiger partial charge on any atom is 0.302 e. The summed E-state index contributed by atoms with van der Waals surface area (Å²) >= 11 is 0. The summed E-state index contributed by atoms with van der Waals surface area (Å²) in [6.07, 6.45) is 1.61. The molecule has 0 saturated heterocycles. The van der Waals surface area contributed by atoms with Gasteiger partial charge in [-0.15, -0.1) is 0 Å². The van der Waals surface area contributed by atoms with E-state index in [1.807, 2.05) is 39.8 Å². The number of ether oxygens (including phenoxy) is 1. The number of allylic oxidation sites excluding steroid dienone is 1. The predicted molar refractivity (Wildman–Crippen MR) is 80.1 cm³/mol. The SMILES string of the molecule is CC(=O)OCc1c(C)c(C)c(C=C(C#N)C#N)c(C)c1C. The fraction of sp³-hybridized carbons (Fsp3) is 0.353. The van der Waals surface area contributed by atoms with Crippen molar-refractivity contribution in [3.63, 3.8) is 0 Å². The predicted octanol–water partition coefficient (Wildman–Crippen LogP) is 3.41. The highest BCUT2D eigenvalue weighted by molar-refractivity contribution is 5.70. The summed E-state index contributed by atoms with van der Waals surface area (Å²) in [6.45, 7) is 9.41. The van der Waals surface area contributed by atoms with E-state index in [4.69, 9.17) is 15.3 Å². The van der Waals surface area contributed by atoms with E-state index in [1.54, 1.807) is 6.08 Å². The summed E-state index contributed by atoms with van der Waals surface area (Å²) in [5, 5.41) is 17.8. The van der Waals surface area contributed by atoms with Crippen LogP contribution in [0.2, 0.25) is 0 Å². The summed E-state index contributed by atoms with van der Waals surface area (Å²) < 4.78 is 5.10. The first kappa shape index (κ1) is 16.5. The minimum Gasteiger partial charge on any atom is -0.461 e. The molecule has 0 saturated carbocycles. The molecule has 0 atom stereocenters. The molecule has 0 aromatic heterocycles. The van der Waals surface area contributed by atoms with Crippen LogP contribution in [0, 0.1) is 50.4 Å². The van der Waals surface area contributed by atoms with E-state index < -0.39 is 0 Å². The van der Waals surface area contributed by atoms with E-state index in [9.17, 15) is 4.79 Å². The summed E-state index contributed by atoms with van der Waals surface area (Å²) in [7, 11) is 0. The smallest absolute Gasteiger partial charge is 0.302 e. The number of carbonyl (C=O) groups is 1. The third-order valence-corrected chi connectivity index (χ3v) is 3.79. The lowest BCUT2D eigenvalue weighted by Crippen LogP contribution is -2.07. The Morgan fingerprint density at radius 3 is 1.90 bits per heavy atom. The molecule has 0 aliphatic heterocycles. The van der Waals surface area contributed by atoms with Gasteiger partial charge in [0.15, 0.2) is 0 Å². The topological polar surface area (TPSA) is 73.9 Å². The molecule has 0 heterocycles. The van der Waals surface area contributed by atoms with E-state index >= 15 is 0 Å². The molecule has 1 rings (SSSR count). The fourth-order valence-electron chi connectivity index (χ4n) is 2.26. The monoisotopic (exact) mass is 282 g/mol. The largest absolute Gasteiger partial charge is 0.461 e. The Balaban J connectivity index is 3.48. The van der Waals surface area contributed by atoms with Crippen LogP contribution in [0.15, 0.2) is 5.57 Å². The molecule has 0 aliphatic rings. The normalized spacial score (nSPS) is 9.48. The van der Waals surface area contributed by atoms with Crippen molar-refractivity contribution >= 4 is 12.0 Å². The first-order valence-corrected chi connectivity index (χ1v) is 6.58.